The van der Waals surface area contributed by atoms with Gasteiger partial charge in [-0.05, 0) is 59.9 Å². The third kappa shape index (κ3) is 2.94. The van der Waals surface area contributed by atoms with Crippen molar-refractivity contribution in [2.75, 3.05) is 0 Å². The molecule has 0 amide bonds. The summed E-state index contributed by atoms with van der Waals surface area (Å²) in [6.07, 6.45) is 3.11. The van der Waals surface area contributed by atoms with Crippen LogP contribution in [0.4, 0.5) is 0 Å². The predicted octanol–water partition coefficient (Wildman–Crippen LogP) is 9.26. The van der Waals surface area contributed by atoms with Gasteiger partial charge in [0.15, 0.2) is 0 Å². The number of hydrogen-bond donors (Lipinski definition) is 0. The minimum atomic E-state index is 0.206. The van der Waals surface area contributed by atoms with Gasteiger partial charge < -0.3 is 4.40 Å². The number of benzene rings is 4. The van der Waals surface area contributed by atoms with E-state index in [2.05, 4.69) is 118 Å². The molecular weight excluding hydrogens is 436 g/mol. The summed E-state index contributed by atoms with van der Waals surface area (Å²) in [5, 5.41) is 6.48. The molecule has 0 aliphatic rings. The first-order valence-electron chi connectivity index (χ1n) is 12.9. The summed E-state index contributed by atoms with van der Waals surface area (Å²) < 4.78 is 2.53. The third-order valence-corrected chi connectivity index (χ3v) is 7.62. The minimum Gasteiger partial charge on any atom is -0.308 e. The number of nitrogens with zero attached hydrogens (tertiary/aromatic N) is 2. The Labute approximate surface area is 211 Å². The summed E-state index contributed by atoms with van der Waals surface area (Å²) in [6, 6.07) is 26.8. The van der Waals surface area contributed by atoms with E-state index in [-0.39, 0.29) is 5.41 Å². The average molecular weight is 467 g/mol. The van der Waals surface area contributed by atoms with Crippen molar-refractivity contribution in [2.45, 2.75) is 41.0 Å². The van der Waals surface area contributed by atoms with Crippen molar-refractivity contribution >= 4 is 49.0 Å². The molecule has 0 saturated carbocycles. The van der Waals surface area contributed by atoms with E-state index in [4.69, 9.17) is 4.98 Å². The molecule has 3 aromatic heterocycles. The maximum atomic E-state index is 5.16. The molecule has 2 nitrogen and oxygen atoms in total. The highest BCUT2D eigenvalue weighted by Crippen LogP contribution is 2.45. The number of rotatable bonds is 2. The molecule has 0 aliphatic heterocycles. The molecule has 0 bridgehead atoms. The Balaban J connectivity index is 1.78. The van der Waals surface area contributed by atoms with Gasteiger partial charge in [-0.1, -0.05) is 87.0 Å². The molecule has 0 N–H and O–H groups in total. The highest BCUT2D eigenvalue weighted by molar-refractivity contribution is 6.29. The lowest BCUT2D eigenvalue weighted by atomic mass is 9.86. The Morgan fingerprint density at radius 2 is 1.53 bits per heavy atom. The summed E-state index contributed by atoms with van der Waals surface area (Å²) in [5.41, 5.74) is 11.6. The van der Waals surface area contributed by atoms with Gasteiger partial charge in [0.05, 0.1) is 22.1 Å². The van der Waals surface area contributed by atoms with Crippen LogP contribution in [0.3, 0.4) is 0 Å². The number of hydrogen-bond acceptors (Lipinski definition) is 1. The van der Waals surface area contributed by atoms with E-state index in [0.29, 0.717) is 0 Å². The van der Waals surface area contributed by atoms with Crippen LogP contribution in [-0.2, 0) is 6.42 Å². The first kappa shape index (κ1) is 21.4. The van der Waals surface area contributed by atoms with Gasteiger partial charge in [-0.15, -0.1) is 0 Å². The van der Waals surface area contributed by atoms with Gasteiger partial charge in [-0.3, -0.25) is 4.98 Å². The van der Waals surface area contributed by atoms with Gasteiger partial charge in [-0.25, -0.2) is 0 Å². The molecule has 0 saturated heterocycles. The SMILES string of the molecule is Cc1cc(C)c2c(c1)c1ncc(-c3ccccc3)c3ccc4c5c(CC(C)(C)C)cccc5n2c4c31. The van der Waals surface area contributed by atoms with Crippen LogP contribution in [0.1, 0.15) is 37.5 Å². The Hall–Kier alpha value is -3.91. The molecule has 0 radical (unpaired) electrons. The highest BCUT2D eigenvalue weighted by Gasteiger charge is 2.24. The van der Waals surface area contributed by atoms with Crippen LogP contribution in [0.25, 0.3) is 60.1 Å². The second kappa shape index (κ2) is 7.30. The second-order valence-electron chi connectivity index (χ2n) is 11.6. The first-order chi connectivity index (χ1) is 17.3. The van der Waals surface area contributed by atoms with Crippen LogP contribution in [0.2, 0.25) is 0 Å². The zero-order valence-corrected chi connectivity index (χ0v) is 21.6. The first-order valence-corrected chi connectivity index (χ1v) is 12.9. The summed E-state index contributed by atoms with van der Waals surface area (Å²) in [4.78, 5) is 5.16. The molecule has 0 fully saturated rings. The summed E-state index contributed by atoms with van der Waals surface area (Å²) in [7, 11) is 0. The lowest BCUT2D eigenvalue weighted by Crippen LogP contribution is -2.09. The second-order valence-corrected chi connectivity index (χ2v) is 11.6. The number of aryl methyl sites for hydroxylation is 2. The standard InChI is InChI=1S/C34H30N2/c1-20-16-21(2)32-26(17-20)31-30-24(27(19-35-31)22-10-7-6-8-11-22)14-15-25-29-23(18-34(3,4)5)12-9-13-28(29)36(32)33(25)30/h6-17,19H,18H2,1-5H3. The molecule has 176 valence electrons. The molecule has 2 heteroatoms. The maximum absolute atomic E-state index is 5.16. The maximum Gasteiger partial charge on any atom is 0.0823 e. The van der Waals surface area contributed by atoms with Crippen LogP contribution >= 0.6 is 0 Å². The molecule has 7 rings (SSSR count). The van der Waals surface area contributed by atoms with Crippen molar-refractivity contribution in [1.29, 1.82) is 0 Å². The lowest BCUT2D eigenvalue weighted by Gasteiger charge is -2.19. The molecule has 0 unspecified atom stereocenters. The van der Waals surface area contributed by atoms with Crippen molar-refractivity contribution < 1.29 is 0 Å². The van der Waals surface area contributed by atoms with E-state index in [0.717, 1.165) is 11.9 Å². The van der Waals surface area contributed by atoms with Crippen molar-refractivity contribution in [3.8, 4) is 11.1 Å². The van der Waals surface area contributed by atoms with Crippen molar-refractivity contribution in [3.63, 3.8) is 0 Å². The number of pyridine rings is 2. The third-order valence-electron chi connectivity index (χ3n) is 7.62. The molecule has 4 aromatic carbocycles. The molecule has 0 atom stereocenters. The highest BCUT2D eigenvalue weighted by atomic mass is 14.9. The predicted molar refractivity (Wildman–Crippen MR) is 154 cm³/mol. The van der Waals surface area contributed by atoms with E-state index >= 15 is 0 Å². The van der Waals surface area contributed by atoms with Crippen LogP contribution < -0.4 is 0 Å². The molecule has 7 aromatic rings. The molecule has 0 spiro atoms. The van der Waals surface area contributed by atoms with Gasteiger partial charge in [-0.2, -0.15) is 0 Å². The van der Waals surface area contributed by atoms with Crippen molar-refractivity contribution in [3.05, 3.63) is 95.7 Å². The van der Waals surface area contributed by atoms with E-state index in [1.54, 1.807) is 0 Å². The van der Waals surface area contributed by atoms with Crippen LogP contribution in [-0.4, -0.2) is 9.38 Å². The van der Waals surface area contributed by atoms with E-state index in [1.807, 2.05) is 0 Å². The normalized spacial score (nSPS) is 12.7. The largest absolute Gasteiger partial charge is 0.308 e. The average Bonchev–Trinajstić information content (AvgIpc) is 3.18. The molecular formula is C34H30N2. The van der Waals surface area contributed by atoms with Crippen LogP contribution in [0.15, 0.2) is 79.0 Å². The Kier molecular flexibility index (Phi) is 4.34. The minimum absolute atomic E-state index is 0.206. The molecule has 36 heavy (non-hydrogen) atoms. The van der Waals surface area contributed by atoms with Crippen molar-refractivity contribution in [2.24, 2.45) is 5.41 Å². The van der Waals surface area contributed by atoms with Crippen molar-refractivity contribution in [1.82, 2.24) is 9.38 Å². The van der Waals surface area contributed by atoms with E-state index in [9.17, 15) is 0 Å². The quantitative estimate of drug-likeness (QED) is 0.183. The molecule has 0 aliphatic carbocycles. The Morgan fingerprint density at radius 1 is 0.750 bits per heavy atom. The summed E-state index contributed by atoms with van der Waals surface area (Å²) >= 11 is 0. The topological polar surface area (TPSA) is 17.3 Å². The van der Waals surface area contributed by atoms with E-state index in [1.165, 1.54) is 71.3 Å². The lowest BCUT2D eigenvalue weighted by molar-refractivity contribution is 0.413. The molecule has 3 heterocycles. The van der Waals surface area contributed by atoms with Gasteiger partial charge in [0.1, 0.15) is 0 Å². The van der Waals surface area contributed by atoms with E-state index < -0.39 is 0 Å². The summed E-state index contributed by atoms with van der Waals surface area (Å²) in [5.74, 6) is 0. The van der Waals surface area contributed by atoms with Crippen LogP contribution in [0.5, 0.6) is 0 Å². The van der Waals surface area contributed by atoms with Gasteiger partial charge >= 0.3 is 0 Å². The fourth-order valence-corrected chi connectivity index (χ4v) is 6.40. The van der Waals surface area contributed by atoms with Gasteiger partial charge in [0.25, 0.3) is 0 Å². The number of fused-ring (bicyclic) bond motifs is 6. The fraction of sp³-hybridized carbons (Fsp3) is 0.206. The monoisotopic (exact) mass is 466 g/mol. The zero-order valence-electron chi connectivity index (χ0n) is 21.6. The van der Waals surface area contributed by atoms with Gasteiger partial charge in [0, 0.05) is 33.3 Å². The summed E-state index contributed by atoms with van der Waals surface area (Å²) in [6.45, 7) is 11.4. The smallest absolute Gasteiger partial charge is 0.0823 e. The number of aromatic nitrogens is 2. The van der Waals surface area contributed by atoms with Crippen LogP contribution in [0, 0.1) is 19.3 Å². The zero-order chi connectivity index (χ0) is 24.8. The van der Waals surface area contributed by atoms with Gasteiger partial charge in [0.2, 0.25) is 0 Å². The Bertz CT molecular complexity index is 1950. The Morgan fingerprint density at radius 3 is 2.31 bits per heavy atom. The fourth-order valence-electron chi connectivity index (χ4n) is 6.40.